The van der Waals surface area contributed by atoms with E-state index < -0.39 is 0 Å². The lowest BCUT2D eigenvalue weighted by Crippen LogP contribution is -2.10. The highest BCUT2D eigenvalue weighted by Gasteiger charge is 2.26. The second kappa shape index (κ2) is 8.08. The molecule has 1 aromatic heterocycles. The van der Waals surface area contributed by atoms with Crippen molar-refractivity contribution in [2.24, 2.45) is 0 Å². The Morgan fingerprint density at radius 2 is 1.34 bits per heavy atom. The molecule has 4 aromatic rings. The predicted molar refractivity (Wildman–Crippen MR) is 132 cm³/mol. The Bertz CT molecular complexity index is 1340. The van der Waals surface area contributed by atoms with Gasteiger partial charge in [-0.15, -0.1) is 10.2 Å². The van der Waals surface area contributed by atoms with E-state index >= 15 is 0 Å². The van der Waals surface area contributed by atoms with Gasteiger partial charge in [0.25, 0.3) is 0 Å². The number of nitrogens with zero attached hydrogens (tertiary/aromatic N) is 3. The monoisotopic (exact) mass is 417 g/mol. The fourth-order valence-corrected chi connectivity index (χ4v) is 4.63. The first-order valence-electron chi connectivity index (χ1n) is 11.1. The number of aromatic nitrogens is 3. The highest BCUT2D eigenvalue weighted by molar-refractivity contribution is 5.80. The number of hydrogen-bond acceptors (Lipinski definition) is 2. The van der Waals surface area contributed by atoms with E-state index in [1.54, 1.807) is 0 Å². The Labute approximate surface area is 189 Å². The van der Waals surface area contributed by atoms with Crippen LogP contribution in [0.5, 0.6) is 0 Å². The number of benzene rings is 3. The molecule has 1 atom stereocenters. The van der Waals surface area contributed by atoms with Crippen LogP contribution in [0.15, 0.2) is 90.5 Å². The zero-order chi connectivity index (χ0) is 22.2. The van der Waals surface area contributed by atoms with E-state index in [9.17, 15) is 0 Å². The zero-order valence-corrected chi connectivity index (χ0v) is 19.0. The van der Waals surface area contributed by atoms with E-state index in [1.165, 1.54) is 33.4 Å². The van der Waals surface area contributed by atoms with Gasteiger partial charge in [-0.2, -0.15) is 0 Å². The minimum absolute atomic E-state index is 0.0608. The second-order valence-corrected chi connectivity index (χ2v) is 8.73. The summed E-state index contributed by atoms with van der Waals surface area (Å²) in [7, 11) is 0. The van der Waals surface area contributed by atoms with E-state index in [4.69, 9.17) is 0 Å². The first-order valence-corrected chi connectivity index (χ1v) is 11.1. The standard InChI is InChI=1S/C29H27N3/c1-19-14-20(2)16-24(15-19)25-17-22(4)27(18-25)32-28(23-11-6-5-7-12-23)30-31-29(32)26-13-9-8-10-21(26)3/h5-18,27H,1-4H3. The van der Waals surface area contributed by atoms with Crippen molar-refractivity contribution in [2.75, 3.05) is 0 Å². The zero-order valence-electron chi connectivity index (χ0n) is 19.0. The van der Waals surface area contributed by atoms with Crippen molar-refractivity contribution in [3.63, 3.8) is 0 Å². The van der Waals surface area contributed by atoms with Gasteiger partial charge in [-0.25, -0.2) is 0 Å². The van der Waals surface area contributed by atoms with Crippen molar-refractivity contribution < 1.29 is 0 Å². The Balaban J connectivity index is 1.70. The summed E-state index contributed by atoms with van der Waals surface area (Å²) in [4.78, 5) is 0. The van der Waals surface area contributed by atoms with Gasteiger partial charge in [0.15, 0.2) is 11.6 Å². The molecule has 1 unspecified atom stereocenters. The van der Waals surface area contributed by atoms with E-state index in [1.807, 2.05) is 6.07 Å². The molecule has 0 fully saturated rings. The molecular weight excluding hydrogens is 390 g/mol. The van der Waals surface area contributed by atoms with E-state index in [2.05, 4.69) is 121 Å². The molecule has 0 bridgehead atoms. The molecule has 0 aliphatic heterocycles. The molecule has 1 aliphatic rings. The molecule has 0 spiro atoms. The predicted octanol–water partition coefficient (Wildman–Crippen LogP) is 7.12. The molecule has 0 radical (unpaired) electrons. The normalized spacial score (nSPS) is 15.6. The molecule has 3 nitrogen and oxygen atoms in total. The molecule has 1 aliphatic carbocycles. The largest absolute Gasteiger partial charge is 0.296 e. The summed E-state index contributed by atoms with van der Waals surface area (Å²) in [6, 6.07) is 25.5. The molecule has 3 aromatic carbocycles. The van der Waals surface area contributed by atoms with Crippen LogP contribution in [0.3, 0.4) is 0 Å². The van der Waals surface area contributed by atoms with Crippen LogP contribution in [0.2, 0.25) is 0 Å². The fraction of sp³-hybridized carbons (Fsp3) is 0.172. The maximum atomic E-state index is 4.69. The summed E-state index contributed by atoms with van der Waals surface area (Å²) in [5, 5.41) is 9.35. The average molecular weight is 418 g/mol. The fourth-order valence-electron chi connectivity index (χ4n) is 4.63. The maximum Gasteiger partial charge on any atom is 0.165 e. The van der Waals surface area contributed by atoms with Crippen LogP contribution in [-0.4, -0.2) is 14.8 Å². The Kier molecular flexibility index (Phi) is 5.10. The molecule has 0 amide bonds. The molecule has 0 saturated carbocycles. The third-order valence-corrected chi connectivity index (χ3v) is 6.13. The third kappa shape index (κ3) is 3.60. The van der Waals surface area contributed by atoms with Crippen LogP contribution in [0.4, 0.5) is 0 Å². The molecule has 158 valence electrons. The van der Waals surface area contributed by atoms with Crippen molar-refractivity contribution in [3.05, 3.63) is 113 Å². The van der Waals surface area contributed by atoms with E-state index in [0.29, 0.717) is 0 Å². The van der Waals surface area contributed by atoms with Gasteiger partial charge in [0.2, 0.25) is 0 Å². The summed E-state index contributed by atoms with van der Waals surface area (Å²) in [6.45, 7) is 8.64. The topological polar surface area (TPSA) is 30.7 Å². The summed E-state index contributed by atoms with van der Waals surface area (Å²) in [5.74, 6) is 1.79. The Morgan fingerprint density at radius 1 is 0.688 bits per heavy atom. The van der Waals surface area contributed by atoms with Crippen molar-refractivity contribution in [2.45, 2.75) is 33.7 Å². The quantitative estimate of drug-likeness (QED) is 0.354. The minimum atomic E-state index is 0.0608. The number of allylic oxidation sites excluding steroid dienone is 4. The van der Waals surface area contributed by atoms with Crippen LogP contribution in [0.1, 0.15) is 35.2 Å². The molecule has 32 heavy (non-hydrogen) atoms. The summed E-state index contributed by atoms with van der Waals surface area (Å²) in [6.07, 6.45) is 4.65. The molecule has 5 rings (SSSR count). The highest BCUT2D eigenvalue weighted by Crippen LogP contribution is 2.39. The van der Waals surface area contributed by atoms with Crippen molar-refractivity contribution in [3.8, 4) is 22.8 Å². The van der Waals surface area contributed by atoms with Gasteiger partial charge >= 0.3 is 0 Å². The van der Waals surface area contributed by atoms with Crippen molar-refractivity contribution >= 4 is 5.57 Å². The Morgan fingerprint density at radius 3 is 2.06 bits per heavy atom. The minimum Gasteiger partial charge on any atom is -0.296 e. The molecular formula is C29H27N3. The van der Waals surface area contributed by atoms with Crippen LogP contribution in [0.25, 0.3) is 28.3 Å². The summed E-state index contributed by atoms with van der Waals surface area (Å²) in [5.41, 5.74) is 9.74. The SMILES string of the molecule is CC1=CC(c2cc(C)cc(C)c2)=CC1n1c(-c2ccccc2)nnc1-c1ccccc1C. The van der Waals surface area contributed by atoms with Crippen LogP contribution >= 0.6 is 0 Å². The third-order valence-electron chi connectivity index (χ3n) is 6.13. The lowest BCUT2D eigenvalue weighted by molar-refractivity contribution is 0.706. The number of aryl methyl sites for hydroxylation is 3. The second-order valence-electron chi connectivity index (χ2n) is 8.73. The maximum absolute atomic E-state index is 4.69. The molecule has 0 N–H and O–H groups in total. The Hall–Kier alpha value is -3.72. The molecule has 0 saturated heterocycles. The van der Waals surface area contributed by atoms with Gasteiger partial charge in [-0.3, -0.25) is 4.57 Å². The van der Waals surface area contributed by atoms with Gasteiger partial charge in [0.05, 0.1) is 6.04 Å². The summed E-state index contributed by atoms with van der Waals surface area (Å²) >= 11 is 0. The lowest BCUT2D eigenvalue weighted by Gasteiger charge is -2.19. The van der Waals surface area contributed by atoms with Crippen LogP contribution < -0.4 is 0 Å². The molecule has 1 heterocycles. The van der Waals surface area contributed by atoms with Gasteiger partial charge in [-0.1, -0.05) is 90.0 Å². The lowest BCUT2D eigenvalue weighted by atomic mass is 10.0. The highest BCUT2D eigenvalue weighted by atomic mass is 15.3. The van der Waals surface area contributed by atoms with Crippen LogP contribution in [-0.2, 0) is 0 Å². The average Bonchev–Trinajstić information content (AvgIpc) is 3.37. The van der Waals surface area contributed by atoms with Gasteiger partial charge in [-0.05, 0) is 56.0 Å². The number of hydrogen-bond donors (Lipinski definition) is 0. The van der Waals surface area contributed by atoms with Gasteiger partial charge < -0.3 is 0 Å². The van der Waals surface area contributed by atoms with Gasteiger partial charge in [0.1, 0.15) is 0 Å². The summed E-state index contributed by atoms with van der Waals surface area (Å²) < 4.78 is 2.29. The number of rotatable bonds is 4. The molecule has 3 heteroatoms. The first kappa shape index (κ1) is 20.2. The van der Waals surface area contributed by atoms with Crippen molar-refractivity contribution in [1.82, 2.24) is 14.8 Å². The first-order chi connectivity index (χ1) is 15.5. The van der Waals surface area contributed by atoms with E-state index in [0.717, 1.165) is 22.8 Å². The van der Waals surface area contributed by atoms with Crippen molar-refractivity contribution in [1.29, 1.82) is 0 Å². The van der Waals surface area contributed by atoms with Gasteiger partial charge in [0, 0.05) is 11.1 Å². The smallest absolute Gasteiger partial charge is 0.165 e. The van der Waals surface area contributed by atoms with Crippen LogP contribution in [0, 0.1) is 20.8 Å². The van der Waals surface area contributed by atoms with E-state index in [-0.39, 0.29) is 6.04 Å².